The fourth-order valence-electron chi connectivity index (χ4n) is 2.09. The number of nitrogens with one attached hydrogen (secondary N) is 1. The zero-order valence-electron chi connectivity index (χ0n) is 9.66. The minimum Gasteiger partial charge on any atom is -0.310 e. The van der Waals surface area contributed by atoms with Gasteiger partial charge in [-0.25, -0.2) is 0 Å². The van der Waals surface area contributed by atoms with E-state index in [0.29, 0.717) is 6.04 Å². The molecule has 82 valence electrons. The lowest BCUT2D eigenvalue weighted by molar-refractivity contribution is 0.477. The molecule has 0 amide bonds. The number of hydrogen-bond donors (Lipinski definition) is 1. The van der Waals surface area contributed by atoms with Gasteiger partial charge in [-0.1, -0.05) is 13.0 Å². The van der Waals surface area contributed by atoms with Crippen LogP contribution in [-0.4, -0.2) is 11.5 Å². The van der Waals surface area contributed by atoms with Crippen molar-refractivity contribution in [1.82, 2.24) is 10.3 Å². The average Bonchev–Trinajstić information content (AvgIpc) is 3.05. The Hall–Kier alpha value is -0.890. The van der Waals surface area contributed by atoms with E-state index in [9.17, 15) is 0 Å². The van der Waals surface area contributed by atoms with Crippen molar-refractivity contribution in [3.63, 3.8) is 0 Å². The van der Waals surface area contributed by atoms with Crippen molar-refractivity contribution in [1.29, 1.82) is 0 Å². The predicted molar refractivity (Wildman–Crippen MR) is 62.7 cm³/mol. The Morgan fingerprint density at radius 1 is 1.53 bits per heavy atom. The molecule has 0 aliphatic heterocycles. The summed E-state index contributed by atoms with van der Waals surface area (Å²) in [5, 5.41) is 3.65. The molecule has 1 fully saturated rings. The molecule has 1 unspecified atom stereocenters. The summed E-state index contributed by atoms with van der Waals surface area (Å²) in [6.45, 7) is 5.43. The van der Waals surface area contributed by atoms with E-state index in [0.717, 1.165) is 12.5 Å². The minimum absolute atomic E-state index is 0.540. The van der Waals surface area contributed by atoms with Crippen LogP contribution in [0.3, 0.4) is 0 Å². The lowest BCUT2D eigenvalue weighted by Crippen LogP contribution is -2.24. The molecule has 15 heavy (non-hydrogen) atoms. The first kappa shape index (κ1) is 10.6. The maximum Gasteiger partial charge on any atom is 0.0420 e. The van der Waals surface area contributed by atoms with E-state index in [-0.39, 0.29) is 0 Å². The van der Waals surface area contributed by atoms with Crippen molar-refractivity contribution in [3.8, 4) is 0 Å². The Morgan fingerprint density at radius 3 is 2.93 bits per heavy atom. The molecular weight excluding hydrogens is 184 g/mol. The highest BCUT2D eigenvalue weighted by Gasteiger charge is 2.32. The molecule has 1 saturated carbocycles. The number of nitrogens with zero attached hydrogens (tertiary/aromatic N) is 1. The van der Waals surface area contributed by atoms with Gasteiger partial charge < -0.3 is 5.32 Å². The van der Waals surface area contributed by atoms with E-state index in [2.05, 4.69) is 30.2 Å². The maximum atomic E-state index is 4.38. The fraction of sp³-hybridized carbons (Fsp3) is 0.615. The van der Waals surface area contributed by atoms with Crippen LogP contribution in [0.15, 0.2) is 18.3 Å². The largest absolute Gasteiger partial charge is 0.310 e. The smallest absolute Gasteiger partial charge is 0.0420 e. The van der Waals surface area contributed by atoms with Gasteiger partial charge in [-0.3, -0.25) is 4.98 Å². The van der Waals surface area contributed by atoms with Crippen LogP contribution in [0.25, 0.3) is 0 Å². The van der Waals surface area contributed by atoms with Crippen LogP contribution in [0.5, 0.6) is 0 Å². The monoisotopic (exact) mass is 204 g/mol. The molecule has 2 heteroatoms. The molecule has 2 rings (SSSR count). The van der Waals surface area contributed by atoms with Gasteiger partial charge in [0.25, 0.3) is 0 Å². The second-order valence-corrected chi connectivity index (χ2v) is 4.45. The molecule has 0 saturated heterocycles. The molecule has 2 nitrogen and oxygen atoms in total. The second-order valence-electron chi connectivity index (χ2n) is 4.45. The second kappa shape index (κ2) is 4.75. The van der Waals surface area contributed by atoms with Gasteiger partial charge in [-0.05, 0) is 50.3 Å². The molecule has 1 heterocycles. The summed E-state index contributed by atoms with van der Waals surface area (Å²) in [5.41, 5.74) is 2.58. The van der Waals surface area contributed by atoms with Crippen molar-refractivity contribution in [2.24, 2.45) is 5.92 Å². The Morgan fingerprint density at radius 2 is 2.33 bits per heavy atom. The number of hydrogen-bond acceptors (Lipinski definition) is 2. The maximum absolute atomic E-state index is 4.38. The van der Waals surface area contributed by atoms with Crippen LogP contribution in [0.1, 0.15) is 43.5 Å². The van der Waals surface area contributed by atoms with Crippen molar-refractivity contribution in [2.45, 2.75) is 39.2 Å². The molecule has 0 radical (unpaired) electrons. The van der Waals surface area contributed by atoms with Crippen molar-refractivity contribution < 1.29 is 0 Å². The summed E-state index contributed by atoms with van der Waals surface area (Å²) in [4.78, 5) is 4.38. The average molecular weight is 204 g/mol. The number of pyridine rings is 1. The van der Waals surface area contributed by atoms with Gasteiger partial charge in [-0.15, -0.1) is 0 Å². The van der Waals surface area contributed by atoms with Crippen molar-refractivity contribution in [2.75, 3.05) is 6.54 Å². The molecule has 1 N–H and O–H groups in total. The van der Waals surface area contributed by atoms with E-state index in [4.69, 9.17) is 0 Å². The Balaban J connectivity index is 2.13. The van der Waals surface area contributed by atoms with Gasteiger partial charge in [0, 0.05) is 17.9 Å². The van der Waals surface area contributed by atoms with Gasteiger partial charge in [0.1, 0.15) is 0 Å². The van der Waals surface area contributed by atoms with Gasteiger partial charge in [0.05, 0.1) is 0 Å². The quantitative estimate of drug-likeness (QED) is 0.797. The highest BCUT2D eigenvalue weighted by molar-refractivity contribution is 5.24. The zero-order chi connectivity index (χ0) is 10.7. The predicted octanol–water partition coefficient (Wildman–Crippen LogP) is 2.84. The first-order valence-electron chi connectivity index (χ1n) is 5.97. The molecule has 1 aromatic rings. The molecule has 1 atom stereocenters. The van der Waals surface area contributed by atoms with Crippen LogP contribution in [0, 0.1) is 12.8 Å². The van der Waals surface area contributed by atoms with Gasteiger partial charge >= 0.3 is 0 Å². The zero-order valence-corrected chi connectivity index (χ0v) is 9.66. The summed E-state index contributed by atoms with van der Waals surface area (Å²) in [6, 6.07) is 4.80. The van der Waals surface area contributed by atoms with Crippen LogP contribution in [0.4, 0.5) is 0 Å². The fourth-order valence-corrected chi connectivity index (χ4v) is 2.09. The normalized spacial score (nSPS) is 17.7. The van der Waals surface area contributed by atoms with Gasteiger partial charge in [-0.2, -0.15) is 0 Å². The molecule has 1 aliphatic rings. The van der Waals surface area contributed by atoms with Crippen molar-refractivity contribution in [3.05, 3.63) is 29.6 Å². The summed E-state index contributed by atoms with van der Waals surface area (Å²) < 4.78 is 0. The highest BCUT2D eigenvalue weighted by Crippen LogP contribution is 2.41. The van der Waals surface area contributed by atoms with Crippen LogP contribution in [-0.2, 0) is 0 Å². The van der Waals surface area contributed by atoms with E-state index < -0.39 is 0 Å². The molecule has 1 aromatic heterocycles. The lowest BCUT2D eigenvalue weighted by Gasteiger charge is -2.19. The molecule has 0 spiro atoms. The third-order valence-corrected chi connectivity index (χ3v) is 3.09. The number of aromatic nitrogens is 1. The standard InChI is InChI=1S/C13H20N2/c1-3-8-15-13(11-6-7-11)12-5-4-9-14-10(12)2/h4-5,9,11,13,15H,3,6-8H2,1-2H3. The van der Waals surface area contributed by atoms with Crippen LogP contribution in [0.2, 0.25) is 0 Å². The highest BCUT2D eigenvalue weighted by atomic mass is 14.9. The third kappa shape index (κ3) is 2.57. The van der Waals surface area contributed by atoms with Crippen LogP contribution < -0.4 is 5.32 Å². The Bertz CT molecular complexity index is 318. The third-order valence-electron chi connectivity index (χ3n) is 3.09. The first-order valence-corrected chi connectivity index (χ1v) is 5.97. The SMILES string of the molecule is CCCNC(c1cccnc1C)C1CC1. The van der Waals surface area contributed by atoms with Crippen LogP contribution >= 0.6 is 0 Å². The number of aryl methyl sites for hydroxylation is 1. The van der Waals surface area contributed by atoms with Gasteiger partial charge in [0.15, 0.2) is 0 Å². The summed E-state index contributed by atoms with van der Waals surface area (Å²) >= 11 is 0. The van der Waals surface area contributed by atoms with Gasteiger partial charge in [0.2, 0.25) is 0 Å². The van der Waals surface area contributed by atoms with E-state index in [1.165, 1.54) is 30.5 Å². The topological polar surface area (TPSA) is 24.9 Å². The summed E-state index contributed by atoms with van der Waals surface area (Å²) in [5.74, 6) is 0.847. The van der Waals surface area contributed by atoms with E-state index in [1.54, 1.807) is 0 Å². The summed E-state index contributed by atoms with van der Waals surface area (Å²) in [7, 11) is 0. The molecule has 1 aliphatic carbocycles. The Labute approximate surface area is 92.1 Å². The van der Waals surface area contributed by atoms with E-state index in [1.807, 2.05) is 12.3 Å². The van der Waals surface area contributed by atoms with Crippen molar-refractivity contribution >= 4 is 0 Å². The number of rotatable bonds is 5. The lowest BCUT2D eigenvalue weighted by atomic mass is 10.0. The Kier molecular flexibility index (Phi) is 3.37. The first-order chi connectivity index (χ1) is 7.33. The molecular formula is C13H20N2. The molecule has 0 bridgehead atoms. The summed E-state index contributed by atoms with van der Waals surface area (Å²) in [6.07, 6.45) is 5.82. The minimum atomic E-state index is 0.540. The van der Waals surface area contributed by atoms with E-state index >= 15 is 0 Å². The molecule has 0 aromatic carbocycles.